The van der Waals surface area contributed by atoms with Crippen molar-refractivity contribution in [3.05, 3.63) is 24.3 Å². The number of nitrogens with one attached hydrogen (secondary N) is 1. The van der Waals surface area contributed by atoms with Crippen molar-refractivity contribution in [2.75, 3.05) is 18.4 Å². The van der Waals surface area contributed by atoms with Crippen LogP contribution in [0.3, 0.4) is 0 Å². The first kappa shape index (κ1) is 16.3. The van der Waals surface area contributed by atoms with Crippen LogP contribution in [0.2, 0.25) is 0 Å². The standard InChI is InChI=1S/C16H26N2O2S/c1-4-17-14-5-9-16(10-6-14)21(19,20)18(15-7-8-15)12-11-13(2)3/h5-6,9-10,13,15,17H,4,7-8,11-12H2,1-3H3. The van der Waals surface area contributed by atoms with Crippen molar-refractivity contribution in [1.82, 2.24) is 4.31 Å². The zero-order valence-electron chi connectivity index (χ0n) is 13.2. The molecule has 1 aromatic rings. The third-order valence-electron chi connectivity index (χ3n) is 3.72. The summed E-state index contributed by atoms with van der Waals surface area (Å²) in [5.74, 6) is 0.512. The summed E-state index contributed by atoms with van der Waals surface area (Å²) in [6.07, 6.45) is 2.89. The van der Waals surface area contributed by atoms with E-state index in [9.17, 15) is 8.42 Å². The molecule has 5 heteroatoms. The maximum Gasteiger partial charge on any atom is 0.243 e. The molecule has 0 aliphatic heterocycles. The van der Waals surface area contributed by atoms with Crippen molar-refractivity contribution in [3.8, 4) is 0 Å². The number of nitrogens with zero attached hydrogens (tertiary/aromatic N) is 1. The average molecular weight is 310 g/mol. The van der Waals surface area contributed by atoms with Crippen LogP contribution < -0.4 is 5.32 Å². The molecule has 1 aliphatic carbocycles. The summed E-state index contributed by atoms with van der Waals surface area (Å²) in [4.78, 5) is 0.403. The number of hydrogen-bond donors (Lipinski definition) is 1. The lowest BCUT2D eigenvalue weighted by atomic mass is 10.1. The molecular formula is C16H26N2O2S. The van der Waals surface area contributed by atoms with E-state index in [1.54, 1.807) is 16.4 Å². The van der Waals surface area contributed by atoms with Crippen molar-refractivity contribution in [2.45, 2.75) is 51.0 Å². The summed E-state index contributed by atoms with van der Waals surface area (Å²) in [7, 11) is -3.36. The van der Waals surface area contributed by atoms with E-state index in [-0.39, 0.29) is 6.04 Å². The molecule has 0 radical (unpaired) electrons. The van der Waals surface area contributed by atoms with Crippen molar-refractivity contribution in [3.63, 3.8) is 0 Å². The van der Waals surface area contributed by atoms with Gasteiger partial charge in [0.2, 0.25) is 10.0 Å². The average Bonchev–Trinajstić information content (AvgIpc) is 3.24. The fourth-order valence-corrected chi connectivity index (χ4v) is 4.03. The molecule has 0 atom stereocenters. The van der Waals surface area contributed by atoms with Gasteiger partial charge in [-0.3, -0.25) is 0 Å². The quantitative estimate of drug-likeness (QED) is 0.801. The molecule has 2 rings (SSSR count). The second-order valence-electron chi connectivity index (χ2n) is 6.08. The van der Waals surface area contributed by atoms with Gasteiger partial charge in [0.05, 0.1) is 4.90 Å². The molecule has 0 heterocycles. The van der Waals surface area contributed by atoms with Gasteiger partial charge in [-0.15, -0.1) is 0 Å². The van der Waals surface area contributed by atoms with E-state index in [2.05, 4.69) is 19.2 Å². The first-order valence-corrected chi connectivity index (χ1v) is 9.25. The maximum absolute atomic E-state index is 12.8. The summed E-state index contributed by atoms with van der Waals surface area (Å²) >= 11 is 0. The fourth-order valence-electron chi connectivity index (χ4n) is 2.33. The molecule has 1 aliphatic rings. The normalized spacial score (nSPS) is 15.7. The molecule has 0 saturated heterocycles. The summed E-state index contributed by atoms with van der Waals surface area (Å²) in [6.45, 7) is 7.73. The minimum absolute atomic E-state index is 0.210. The largest absolute Gasteiger partial charge is 0.385 e. The van der Waals surface area contributed by atoms with Gasteiger partial charge in [-0.05, 0) is 56.4 Å². The van der Waals surface area contributed by atoms with Gasteiger partial charge < -0.3 is 5.32 Å². The minimum Gasteiger partial charge on any atom is -0.385 e. The topological polar surface area (TPSA) is 49.4 Å². The van der Waals surface area contributed by atoms with Crippen LogP contribution in [0.4, 0.5) is 5.69 Å². The summed E-state index contributed by atoms with van der Waals surface area (Å²) in [6, 6.07) is 7.30. The van der Waals surface area contributed by atoms with E-state index in [1.807, 2.05) is 19.1 Å². The van der Waals surface area contributed by atoms with Gasteiger partial charge >= 0.3 is 0 Å². The Morgan fingerprint density at radius 1 is 1.24 bits per heavy atom. The monoisotopic (exact) mass is 310 g/mol. The highest BCUT2D eigenvalue weighted by Gasteiger charge is 2.37. The van der Waals surface area contributed by atoms with Crippen LogP contribution in [0, 0.1) is 5.92 Å². The molecule has 0 aromatic heterocycles. The lowest BCUT2D eigenvalue weighted by Crippen LogP contribution is -2.34. The van der Waals surface area contributed by atoms with Crippen LogP contribution in [-0.2, 0) is 10.0 Å². The van der Waals surface area contributed by atoms with Crippen molar-refractivity contribution in [1.29, 1.82) is 0 Å². The molecule has 118 valence electrons. The van der Waals surface area contributed by atoms with E-state index < -0.39 is 10.0 Å². The molecule has 0 bridgehead atoms. The first-order chi connectivity index (χ1) is 9.95. The molecule has 1 saturated carbocycles. The Morgan fingerprint density at radius 2 is 1.86 bits per heavy atom. The second kappa shape index (κ2) is 6.79. The zero-order chi connectivity index (χ0) is 15.5. The first-order valence-electron chi connectivity index (χ1n) is 7.81. The summed E-state index contributed by atoms with van der Waals surface area (Å²) in [5.41, 5.74) is 0.955. The minimum atomic E-state index is -3.36. The van der Waals surface area contributed by atoms with Crippen LogP contribution in [0.1, 0.15) is 40.0 Å². The molecule has 0 spiro atoms. The van der Waals surface area contributed by atoms with Crippen LogP contribution in [-0.4, -0.2) is 31.9 Å². The summed E-state index contributed by atoms with van der Waals surface area (Å²) in [5, 5.41) is 3.18. The van der Waals surface area contributed by atoms with Gasteiger partial charge in [0.1, 0.15) is 0 Å². The molecule has 1 aromatic carbocycles. The van der Waals surface area contributed by atoms with Crippen molar-refractivity contribution < 1.29 is 8.42 Å². The highest BCUT2D eigenvalue weighted by Crippen LogP contribution is 2.32. The number of hydrogen-bond acceptors (Lipinski definition) is 3. The predicted octanol–water partition coefficient (Wildman–Crippen LogP) is 3.32. The highest BCUT2D eigenvalue weighted by molar-refractivity contribution is 7.89. The Hall–Kier alpha value is -1.07. The van der Waals surface area contributed by atoms with Gasteiger partial charge in [0.25, 0.3) is 0 Å². The fraction of sp³-hybridized carbons (Fsp3) is 0.625. The zero-order valence-corrected chi connectivity index (χ0v) is 14.0. The maximum atomic E-state index is 12.8. The molecule has 0 amide bonds. The number of sulfonamides is 1. The molecule has 1 fully saturated rings. The molecule has 21 heavy (non-hydrogen) atoms. The Kier molecular flexibility index (Phi) is 5.27. The van der Waals surface area contributed by atoms with Crippen molar-refractivity contribution >= 4 is 15.7 Å². The van der Waals surface area contributed by atoms with Crippen LogP contribution in [0.15, 0.2) is 29.2 Å². The van der Waals surface area contributed by atoms with Gasteiger partial charge in [0, 0.05) is 24.8 Å². The van der Waals surface area contributed by atoms with E-state index in [4.69, 9.17) is 0 Å². The Labute approximate surface area is 128 Å². The third-order valence-corrected chi connectivity index (χ3v) is 5.69. The highest BCUT2D eigenvalue weighted by atomic mass is 32.2. The second-order valence-corrected chi connectivity index (χ2v) is 7.97. The Morgan fingerprint density at radius 3 is 2.33 bits per heavy atom. The van der Waals surface area contributed by atoms with Gasteiger partial charge in [-0.1, -0.05) is 13.8 Å². The van der Waals surface area contributed by atoms with Crippen LogP contribution in [0.25, 0.3) is 0 Å². The van der Waals surface area contributed by atoms with Gasteiger partial charge in [-0.2, -0.15) is 4.31 Å². The number of benzene rings is 1. The van der Waals surface area contributed by atoms with Gasteiger partial charge in [0.15, 0.2) is 0 Å². The van der Waals surface area contributed by atoms with E-state index in [0.717, 1.165) is 31.5 Å². The van der Waals surface area contributed by atoms with Crippen molar-refractivity contribution in [2.24, 2.45) is 5.92 Å². The lowest BCUT2D eigenvalue weighted by molar-refractivity contribution is 0.373. The van der Waals surface area contributed by atoms with Gasteiger partial charge in [-0.25, -0.2) is 8.42 Å². The van der Waals surface area contributed by atoms with Crippen LogP contribution in [0.5, 0.6) is 0 Å². The Bertz CT molecular complexity index is 548. The number of anilines is 1. The molecule has 1 N–H and O–H groups in total. The third kappa shape index (κ3) is 4.20. The van der Waals surface area contributed by atoms with Crippen LogP contribution >= 0.6 is 0 Å². The van der Waals surface area contributed by atoms with E-state index >= 15 is 0 Å². The molecular weight excluding hydrogens is 284 g/mol. The molecule has 0 unspecified atom stereocenters. The summed E-state index contributed by atoms with van der Waals surface area (Å²) < 4.78 is 27.3. The Balaban J connectivity index is 2.17. The molecule has 4 nitrogen and oxygen atoms in total. The smallest absolute Gasteiger partial charge is 0.243 e. The lowest BCUT2D eigenvalue weighted by Gasteiger charge is -2.23. The SMILES string of the molecule is CCNc1ccc(S(=O)(=O)N(CCC(C)C)C2CC2)cc1. The van der Waals surface area contributed by atoms with E-state index in [0.29, 0.717) is 17.4 Å². The van der Waals surface area contributed by atoms with E-state index in [1.165, 1.54) is 0 Å². The predicted molar refractivity (Wildman–Crippen MR) is 87.0 cm³/mol. The number of rotatable bonds is 8.